The molecule has 1 atom stereocenters. The monoisotopic (exact) mass is 361 g/mol. The van der Waals surface area contributed by atoms with E-state index in [-0.39, 0.29) is 0 Å². The highest BCUT2D eigenvalue weighted by Crippen LogP contribution is 2.37. The summed E-state index contributed by atoms with van der Waals surface area (Å²) in [5.41, 5.74) is 3.13. The first-order chi connectivity index (χ1) is 12.7. The Kier molecular flexibility index (Phi) is 4.65. The summed E-state index contributed by atoms with van der Waals surface area (Å²) in [6.07, 6.45) is -0.597. The number of thiophene rings is 1. The number of hydrogen-bond acceptors (Lipinski definition) is 5. The van der Waals surface area contributed by atoms with Gasteiger partial charge in [0.25, 0.3) is 0 Å². The van der Waals surface area contributed by atoms with Gasteiger partial charge in [0.05, 0.1) is 11.5 Å². The molecule has 0 fully saturated rings. The van der Waals surface area contributed by atoms with E-state index in [4.69, 9.17) is 0 Å². The summed E-state index contributed by atoms with van der Waals surface area (Å²) in [4.78, 5) is 10.1. The molecule has 26 heavy (non-hydrogen) atoms. The number of aromatic nitrogens is 2. The summed E-state index contributed by atoms with van der Waals surface area (Å²) in [6, 6.07) is 19.9. The van der Waals surface area contributed by atoms with Crippen LogP contribution >= 0.6 is 11.3 Å². The second-order valence-electron chi connectivity index (χ2n) is 6.12. The number of aryl methyl sites for hydroxylation is 1. The molecule has 0 amide bonds. The van der Waals surface area contributed by atoms with Gasteiger partial charge in [-0.15, -0.1) is 11.3 Å². The Balaban J connectivity index is 1.69. The normalized spacial score (nSPS) is 12.2. The lowest BCUT2D eigenvalue weighted by atomic mass is 10.1. The van der Waals surface area contributed by atoms with E-state index in [1.165, 1.54) is 0 Å². The van der Waals surface area contributed by atoms with E-state index in [2.05, 4.69) is 32.8 Å². The molecular formula is C21H19N3OS. The molecule has 0 bridgehead atoms. The summed E-state index contributed by atoms with van der Waals surface area (Å²) in [5, 5.41) is 16.9. The van der Waals surface area contributed by atoms with Gasteiger partial charge in [-0.3, -0.25) is 0 Å². The quantitative estimate of drug-likeness (QED) is 0.535. The van der Waals surface area contributed by atoms with Crippen molar-refractivity contribution in [3.05, 3.63) is 77.4 Å². The Labute approximate surface area is 156 Å². The highest BCUT2D eigenvalue weighted by molar-refractivity contribution is 7.17. The Hall–Kier alpha value is -2.76. The molecule has 130 valence electrons. The number of aliphatic hydroxyl groups is 1. The zero-order valence-electron chi connectivity index (χ0n) is 14.4. The third-order valence-electron chi connectivity index (χ3n) is 4.28. The maximum Gasteiger partial charge on any atom is 0.139 e. The van der Waals surface area contributed by atoms with Crippen LogP contribution in [-0.2, 0) is 0 Å². The molecule has 0 aliphatic carbocycles. The van der Waals surface area contributed by atoms with Gasteiger partial charge in [0.15, 0.2) is 0 Å². The van der Waals surface area contributed by atoms with E-state index in [1.807, 2.05) is 55.5 Å². The average Bonchev–Trinajstić information content (AvgIpc) is 3.11. The third-order valence-corrected chi connectivity index (χ3v) is 5.15. The predicted molar refractivity (Wildman–Crippen MR) is 107 cm³/mol. The molecule has 2 aromatic heterocycles. The molecule has 2 heterocycles. The number of nitrogens with zero attached hydrogens (tertiary/aromatic N) is 2. The van der Waals surface area contributed by atoms with Gasteiger partial charge in [0.1, 0.15) is 16.5 Å². The van der Waals surface area contributed by atoms with Crippen molar-refractivity contribution in [1.82, 2.24) is 9.97 Å². The van der Waals surface area contributed by atoms with Crippen molar-refractivity contribution in [3.8, 4) is 11.1 Å². The molecule has 4 rings (SSSR count). The highest BCUT2D eigenvalue weighted by atomic mass is 32.1. The fourth-order valence-electron chi connectivity index (χ4n) is 2.99. The Morgan fingerprint density at radius 3 is 2.42 bits per heavy atom. The first-order valence-corrected chi connectivity index (χ1v) is 9.38. The van der Waals surface area contributed by atoms with Gasteiger partial charge in [-0.05, 0) is 18.1 Å². The summed E-state index contributed by atoms with van der Waals surface area (Å²) in [5.74, 6) is 1.48. The molecule has 0 saturated carbocycles. The van der Waals surface area contributed by atoms with Gasteiger partial charge in [-0.2, -0.15) is 0 Å². The fraction of sp³-hybridized carbons (Fsp3) is 0.143. The summed E-state index contributed by atoms with van der Waals surface area (Å²) >= 11 is 1.61. The molecule has 2 N–H and O–H groups in total. The van der Waals surface area contributed by atoms with E-state index < -0.39 is 6.10 Å². The first kappa shape index (κ1) is 16.7. The largest absolute Gasteiger partial charge is 0.387 e. The van der Waals surface area contributed by atoms with Crippen LogP contribution < -0.4 is 5.32 Å². The maximum atomic E-state index is 10.5. The number of anilines is 1. The smallest absolute Gasteiger partial charge is 0.139 e. The lowest BCUT2D eigenvalue weighted by molar-refractivity contribution is 0.191. The molecule has 2 aromatic carbocycles. The molecule has 4 nitrogen and oxygen atoms in total. The van der Waals surface area contributed by atoms with Crippen LogP contribution in [0.1, 0.15) is 17.5 Å². The van der Waals surface area contributed by atoms with Crippen molar-refractivity contribution in [2.45, 2.75) is 13.0 Å². The van der Waals surface area contributed by atoms with Crippen LogP contribution in [0.5, 0.6) is 0 Å². The van der Waals surface area contributed by atoms with E-state index in [1.54, 1.807) is 11.3 Å². The zero-order valence-corrected chi connectivity index (χ0v) is 15.2. The van der Waals surface area contributed by atoms with Crippen LogP contribution in [0.3, 0.4) is 0 Å². The molecule has 0 aliphatic heterocycles. The standard InChI is InChI=1S/C21H19N3OS/c1-14-23-20(22-12-18(25)16-10-6-3-7-11-16)19-17(13-26-21(19)24-14)15-8-4-2-5-9-15/h2-11,13,18,25H,12H2,1H3,(H,22,23,24)/t18-/m1/s1. The van der Waals surface area contributed by atoms with Crippen molar-refractivity contribution in [2.75, 3.05) is 11.9 Å². The molecule has 0 aliphatic rings. The van der Waals surface area contributed by atoms with Crippen LogP contribution in [0.25, 0.3) is 21.3 Å². The van der Waals surface area contributed by atoms with E-state index >= 15 is 0 Å². The summed E-state index contributed by atoms with van der Waals surface area (Å²) < 4.78 is 0. The lowest BCUT2D eigenvalue weighted by Gasteiger charge is -2.14. The molecule has 4 aromatic rings. The predicted octanol–water partition coefficient (Wildman–Crippen LogP) is 4.81. The zero-order chi connectivity index (χ0) is 17.9. The van der Waals surface area contributed by atoms with E-state index in [0.717, 1.165) is 38.5 Å². The minimum absolute atomic E-state index is 0.389. The van der Waals surface area contributed by atoms with Crippen molar-refractivity contribution in [2.24, 2.45) is 0 Å². The third kappa shape index (κ3) is 3.31. The maximum absolute atomic E-state index is 10.5. The minimum atomic E-state index is -0.597. The second-order valence-corrected chi connectivity index (χ2v) is 6.98. The Morgan fingerprint density at radius 1 is 1.00 bits per heavy atom. The Morgan fingerprint density at radius 2 is 1.69 bits per heavy atom. The topological polar surface area (TPSA) is 58.0 Å². The second kappa shape index (κ2) is 7.23. The molecular weight excluding hydrogens is 342 g/mol. The van der Waals surface area contributed by atoms with Crippen LogP contribution in [0.2, 0.25) is 0 Å². The van der Waals surface area contributed by atoms with Crippen LogP contribution in [0, 0.1) is 6.92 Å². The van der Waals surface area contributed by atoms with E-state index in [9.17, 15) is 5.11 Å². The van der Waals surface area contributed by atoms with Gasteiger partial charge >= 0.3 is 0 Å². The van der Waals surface area contributed by atoms with Gasteiger partial charge in [-0.25, -0.2) is 9.97 Å². The number of benzene rings is 2. The van der Waals surface area contributed by atoms with Gasteiger partial charge < -0.3 is 10.4 Å². The number of rotatable bonds is 5. The molecule has 0 saturated heterocycles. The summed E-state index contributed by atoms with van der Waals surface area (Å²) in [6.45, 7) is 2.28. The minimum Gasteiger partial charge on any atom is -0.387 e. The van der Waals surface area contributed by atoms with Crippen molar-refractivity contribution in [1.29, 1.82) is 0 Å². The van der Waals surface area contributed by atoms with Gasteiger partial charge in [-0.1, -0.05) is 60.7 Å². The number of aliphatic hydroxyl groups excluding tert-OH is 1. The lowest BCUT2D eigenvalue weighted by Crippen LogP contribution is -2.13. The highest BCUT2D eigenvalue weighted by Gasteiger charge is 2.15. The van der Waals surface area contributed by atoms with Crippen molar-refractivity contribution >= 4 is 27.4 Å². The van der Waals surface area contributed by atoms with Crippen molar-refractivity contribution < 1.29 is 5.11 Å². The van der Waals surface area contributed by atoms with Crippen LogP contribution in [0.4, 0.5) is 5.82 Å². The van der Waals surface area contributed by atoms with Crippen LogP contribution in [0.15, 0.2) is 66.0 Å². The molecule has 0 spiro atoms. The van der Waals surface area contributed by atoms with Crippen LogP contribution in [-0.4, -0.2) is 21.6 Å². The number of nitrogens with one attached hydrogen (secondary N) is 1. The fourth-order valence-corrected chi connectivity index (χ4v) is 3.99. The first-order valence-electron chi connectivity index (χ1n) is 8.50. The number of hydrogen-bond donors (Lipinski definition) is 2. The molecule has 5 heteroatoms. The Bertz CT molecular complexity index is 1020. The molecule has 0 radical (unpaired) electrons. The molecule has 0 unspecified atom stereocenters. The summed E-state index contributed by atoms with van der Waals surface area (Å²) in [7, 11) is 0. The van der Waals surface area contributed by atoms with Gasteiger partial charge in [0, 0.05) is 17.5 Å². The average molecular weight is 361 g/mol. The van der Waals surface area contributed by atoms with Gasteiger partial charge in [0.2, 0.25) is 0 Å². The SMILES string of the molecule is Cc1nc(NC[C@@H](O)c2ccccc2)c2c(-c3ccccc3)csc2n1. The number of fused-ring (bicyclic) bond motifs is 1. The van der Waals surface area contributed by atoms with E-state index in [0.29, 0.717) is 6.54 Å². The van der Waals surface area contributed by atoms with Crippen molar-refractivity contribution in [3.63, 3.8) is 0 Å².